The number of benzene rings is 10. The van der Waals surface area contributed by atoms with Crippen LogP contribution in [0.2, 0.25) is 0 Å². The Morgan fingerprint density at radius 1 is 0.410 bits per heavy atom. The highest BCUT2D eigenvalue weighted by Crippen LogP contribution is 2.56. The highest BCUT2D eigenvalue weighted by atomic mass is 32.2. The normalized spacial score (nSPS) is 14.6. The summed E-state index contributed by atoms with van der Waals surface area (Å²) in [5.41, 5.74) is 15.0. The maximum Gasteiger partial charge on any atom is 0.0601 e. The summed E-state index contributed by atoms with van der Waals surface area (Å²) in [5.74, 6) is 0. The monoisotopic (exact) mass is 814 g/mol. The summed E-state index contributed by atoms with van der Waals surface area (Å²) >= 11 is 3.71. The molecule has 0 aromatic heterocycles. The zero-order valence-corrected chi connectivity index (χ0v) is 35.3. The van der Waals surface area contributed by atoms with Gasteiger partial charge in [-0.25, -0.2) is 0 Å². The third kappa shape index (κ3) is 5.19. The third-order valence-electron chi connectivity index (χ3n) is 13.2. The van der Waals surface area contributed by atoms with E-state index in [2.05, 4.69) is 218 Å². The summed E-state index contributed by atoms with van der Waals surface area (Å²) in [4.78, 5) is 10.0. The molecule has 0 saturated heterocycles. The molecular weight excluding hydrogens is 777 g/mol. The van der Waals surface area contributed by atoms with Crippen molar-refractivity contribution >= 4 is 102 Å². The van der Waals surface area contributed by atoms with E-state index in [1.165, 1.54) is 119 Å². The molecule has 0 spiro atoms. The van der Waals surface area contributed by atoms with Crippen LogP contribution in [-0.4, -0.2) is 0 Å². The second kappa shape index (κ2) is 13.1. The van der Waals surface area contributed by atoms with Crippen LogP contribution in [0.15, 0.2) is 202 Å². The Balaban J connectivity index is 0.878. The van der Waals surface area contributed by atoms with E-state index < -0.39 is 0 Å². The maximum absolute atomic E-state index is 2.47. The Morgan fingerprint density at radius 3 is 1.52 bits per heavy atom. The lowest BCUT2D eigenvalue weighted by Gasteiger charge is -2.34. The Bertz CT molecular complexity index is 3400. The van der Waals surface area contributed by atoms with Gasteiger partial charge in [0.15, 0.2) is 0 Å². The highest BCUT2D eigenvalue weighted by Gasteiger charge is 2.37. The first-order valence-corrected chi connectivity index (χ1v) is 22.6. The summed E-state index contributed by atoms with van der Waals surface area (Å²) in [7, 11) is 0. The Morgan fingerprint density at radius 2 is 0.902 bits per heavy atom. The molecule has 0 amide bonds. The van der Waals surface area contributed by atoms with Crippen LogP contribution in [0.1, 0.15) is 36.1 Å². The van der Waals surface area contributed by atoms with Crippen molar-refractivity contribution in [3.05, 3.63) is 204 Å². The van der Waals surface area contributed by atoms with Gasteiger partial charge >= 0.3 is 0 Å². The second-order valence-electron chi connectivity index (χ2n) is 16.9. The van der Waals surface area contributed by atoms with Gasteiger partial charge < -0.3 is 9.80 Å². The maximum atomic E-state index is 2.47. The number of rotatable bonds is 4. The Kier molecular flexibility index (Phi) is 7.55. The first-order valence-electron chi connectivity index (χ1n) is 21.0. The molecule has 0 N–H and O–H groups in total. The standard InChI is InChI=1S/C57H38N2S2/c1-57(2)44-33-35(20-28-41(44)42-31-27-39(34-45(42)57)58-47-11-3-7-15-51(47)60-52-16-8-4-12-48(52)58)19-21-36-22-23-37-25-30-43-46(32-26-38-24-29-40(36)55(37)56(38)43)59-49-13-5-9-17-53(49)61-54-18-10-6-14-50(54)59/h3-34H,1-2H3. The molecule has 288 valence electrons. The second-order valence-corrected chi connectivity index (χ2v) is 19.1. The van der Waals surface area contributed by atoms with Crippen LogP contribution in [0.5, 0.6) is 0 Å². The summed E-state index contributed by atoms with van der Waals surface area (Å²) in [6.07, 6.45) is 4.63. The predicted octanol–water partition coefficient (Wildman–Crippen LogP) is 16.9. The fraction of sp³-hybridized carbons (Fsp3) is 0.0526. The first kappa shape index (κ1) is 35.1. The predicted molar refractivity (Wildman–Crippen MR) is 261 cm³/mol. The summed E-state index contributed by atoms with van der Waals surface area (Å²) < 4.78 is 0. The fourth-order valence-corrected chi connectivity index (χ4v) is 12.4. The molecule has 10 aromatic rings. The topological polar surface area (TPSA) is 6.48 Å². The van der Waals surface area contributed by atoms with Crippen molar-refractivity contribution in [2.45, 2.75) is 38.8 Å². The SMILES string of the molecule is CC1(C)c2cc(C=Cc3ccc4ccc5c(N6c7ccccc7Sc7ccccc76)ccc6ccc3c4c65)ccc2-c2ccc(N3c4ccccc4Sc4ccccc43)cc21. The van der Waals surface area contributed by atoms with Gasteiger partial charge in [-0.3, -0.25) is 0 Å². The quantitative estimate of drug-likeness (QED) is 0.129. The number of fused-ring (bicyclic) bond motifs is 7. The van der Waals surface area contributed by atoms with E-state index in [9.17, 15) is 0 Å². The van der Waals surface area contributed by atoms with Crippen LogP contribution in [0.3, 0.4) is 0 Å². The summed E-state index contributed by atoms with van der Waals surface area (Å²) in [6, 6.07) is 67.7. The van der Waals surface area contributed by atoms with E-state index >= 15 is 0 Å². The molecule has 2 nitrogen and oxygen atoms in total. The number of hydrogen-bond donors (Lipinski definition) is 0. The number of nitrogens with zero attached hydrogens (tertiary/aromatic N) is 2. The molecule has 1 aliphatic carbocycles. The molecule has 2 heterocycles. The van der Waals surface area contributed by atoms with Crippen molar-refractivity contribution in [2.24, 2.45) is 0 Å². The molecule has 0 saturated carbocycles. The van der Waals surface area contributed by atoms with Gasteiger partial charge in [0, 0.05) is 36.1 Å². The molecule has 0 bridgehead atoms. The first-order chi connectivity index (χ1) is 30.0. The third-order valence-corrected chi connectivity index (χ3v) is 15.4. The van der Waals surface area contributed by atoms with Gasteiger partial charge in [-0.15, -0.1) is 0 Å². The van der Waals surface area contributed by atoms with Gasteiger partial charge in [0.1, 0.15) is 0 Å². The van der Waals surface area contributed by atoms with Gasteiger partial charge in [0.2, 0.25) is 0 Å². The zero-order valence-electron chi connectivity index (χ0n) is 33.7. The molecular formula is C57H38N2S2. The molecule has 0 atom stereocenters. The van der Waals surface area contributed by atoms with E-state index in [-0.39, 0.29) is 5.41 Å². The van der Waals surface area contributed by atoms with Gasteiger partial charge in [-0.1, -0.05) is 165 Å². The van der Waals surface area contributed by atoms with Crippen LogP contribution >= 0.6 is 23.5 Å². The van der Waals surface area contributed by atoms with Crippen molar-refractivity contribution in [3.63, 3.8) is 0 Å². The van der Waals surface area contributed by atoms with Crippen molar-refractivity contribution in [3.8, 4) is 11.1 Å². The van der Waals surface area contributed by atoms with Crippen LogP contribution in [0, 0.1) is 0 Å². The van der Waals surface area contributed by atoms with E-state index in [0.717, 1.165) is 0 Å². The van der Waals surface area contributed by atoms with E-state index in [1.807, 2.05) is 23.5 Å². The van der Waals surface area contributed by atoms with Gasteiger partial charge in [-0.2, -0.15) is 0 Å². The molecule has 0 unspecified atom stereocenters. The lowest BCUT2D eigenvalue weighted by atomic mass is 9.81. The molecule has 0 radical (unpaired) electrons. The number of para-hydroxylation sites is 4. The van der Waals surface area contributed by atoms with Crippen molar-refractivity contribution in [2.75, 3.05) is 9.80 Å². The van der Waals surface area contributed by atoms with Crippen molar-refractivity contribution in [1.29, 1.82) is 0 Å². The minimum Gasteiger partial charge on any atom is -0.308 e. The van der Waals surface area contributed by atoms with Crippen molar-refractivity contribution < 1.29 is 0 Å². The molecule has 3 aliphatic rings. The lowest BCUT2D eigenvalue weighted by Crippen LogP contribution is -2.18. The van der Waals surface area contributed by atoms with E-state index in [4.69, 9.17) is 0 Å². The minimum absolute atomic E-state index is 0.160. The fourth-order valence-electron chi connectivity index (χ4n) is 10.3. The summed E-state index contributed by atoms with van der Waals surface area (Å²) in [5, 5.41) is 7.73. The molecule has 10 aromatic carbocycles. The molecule has 2 aliphatic heterocycles. The van der Waals surface area contributed by atoms with Gasteiger partial charge in [0.05, 0.1) is 28.4 Å². The Hall–Kier alpha value is -6.72. The minimum atomic E-state index is -0.160. The average Bonchev–Trinajstić information content (AvgIpc) is 3.53. The van der Waals surface area contributed by atoms with Gasteiger partial charge in [-0.05, 0) is 127 Å². The number of anilines is 6. The highest BCUT2D eigenvalue weighted by molar-refractivity contribution is 8.00. The van der Waals surface area contributed by atoms with Crippen LogP contribution in [0.25, 0.3) is 55.6 Å². The molecule has 4 heteroatoms. The largest absolute Gasteiger partial charge is 0.308 e. The summed E-state index contributed by atoms with van der Waals surface area (Å²) in [6.45, 7) is 4.77. The molecule has 0 fully saturated rings. The van der Waals surface area contributed by atoms with Crippen LogP contribution < -0.4 is 9.80 Å². The van der Waals surface area contributed by atoms with Crippen molar-refractivity contribution in [1.82, 2.24) is 0 Å². The average molecular weight is 815 g/mol. The smallest absolute Gasteiger partial charge is 0.0601 e. The van der Waals surface area contributed by atoms with Gasteiger partial charge in [0.25, 0.3) is 0 Å². The Labute approximate surface area is 364 Å². The number of hydrogen-bond acceptors (Lipinski definition) is 4. The van der Waals surface area contributed by atoms with E-state index in [0.29, 0.717) is 0 Å². The molecule has 61 heavy (non-hydrogen) atoms. The van der Waals surface area contributed by atoms with Crippen LogP contribution in [0.4, 0.5) is 34.1 Å². The zero-order chi connectivity index (χ0) is 40.4. The van der Waals surface area contributed by atoms with Crippen LogP contribution in [-0.2, 0) is 5.41 Å². The van der Waals surface area contributed by atoms with E-state index in [1.54, 1.807) is 0 Å². The molecule has 13 rings (SSSR count). The lowest BCUT2D eigenvalue weighted by molar-refractivity contribution is 0.660.